The van der Waals surface area contributed by atoms with Crippen LogP contribution >= 0.6 is 0 Å². The van der Waals surface area contributed by atoms with Crippen LogP contribution < -0.4 is 5.32 Å². The SMILES string of the molecule is CCC1CCC(CNC(C)C)C(c2cnn(C)c2)C1. The van der Waals surface area contributed by atoms with Crippen LogP contribution in [0, 0.1) is 11.8 Å². The molecule has 1 heterocycles. The summed E-state index contributed by atoms with van der Waals surface area (Å²) in [5.74, 6) is 2.37. The Morgan fingerprint density at radius 3 is 2.79 bits per heavy atom. The van der Waals surface area contributed by atoms with Gasteiger partial charge in [-0.3, -0.25) is 4.68 Å². The number of nitrogens with one attached hydrogen (secondary N) is 1. The lowest BCUT2D eigenvalue weighted by atomic mass is 9.71. The topological polar surface area (TPSA) is 29.9 Å². The summed E-state index contributed by atoms with van der Waals surface area (Å²) in [4.78, 5) is 0. The van der Waals surface area contributed by atoms with Gasteiger partial charge in [-0.2, -0.15) is 5.10 Å². The summed E-state index contributed by atoms with van der Waals surface area (Å²) in [6.07, 6.45) is 9.71. The van der Waals surface area contributed by atoms with E-state index >= 15 is 0 Å². The van der Waals surface area contributed by atoms with Gasteiger partial charge in [0.15, 0.2) is 0 Å². The first-order valence-corrected chi connectivity index (χ1v) is 7.82. The van der Waals surface area contributed by atoms with Crippen molar-refractivity contribution < 1.29 is 0 Å². The summed E-state index contributed by atoms with van der Waals surface area (Å²) in [5.41, 5.74) is 1.44. The van der Waals surface area contributed by atoms with Gasteiger partial charge in [-0.1, -0.05) is 33.6 Å². The van der Waals surface area contributed by atoms with Crippen LogP contribution in [0.15, 0.2) is 12.4 Å². The average molecular weight is 263 g/mol. The van der Waals surface area contributed by atoms with Crippen molar-refractivity contribution in [1.82, 2.24) is 15.1 Å². The zero-order valence-corrected chi connectivity index (χ0v) is 12.9. The van der Waals surface area contributed by atoms with E-state index in [1.165, 1.54) is 31.2 Å². The van der Waals surface area contributed by atoms with Crippen molar-refractivity contribution in [2.45, 2.75) is 58.4 Å². The second-order valence-electron chi connectivity index (χ2n) is 6.46. The lowest BCUT2D eigenvalue weighted by molar-refractivity contribution is 0.222. The predicted molar refractivity (Wildman–Crippen MR) is 80.2 cm³/mol. The molecule has 2 rings (SSSR count). The van der Waals surface area contributed by atoms with E-state index in [1.807, 2.05) is 11.7 Å². The third-order valence-corrected chi connectivity index (χ3v) is 4.62. The summed E-state index contributed by atoms with van der Waals surface area (Å²) in [7, 11) is 2.02. The van der Waals surface area contributed by atoms with Gasteiger partial charge in [0.25, 0.3) is 0 Å². The van der Waals surface area contributed by atoms with E-state index in [0.717, 1.165) is 18.4 Å². The molecule has 1 aromatic rings. The van der Waals surface area contributed by atoms with E-state index in [0.29, 0.717) is 12.0 Å². The molecule has 3 heteroatoms. The molecule has 0 aromatic carbocycles. The molecule has 1 aliphatic carbocycles. The molecule has 0 radical (unpaired) electrons. The molecule has 1 aliphatic rings. The highest BCUT2D eigenvalue weighted by atomic mass is 15.2. The maximum Gasteiger partial charge on any atom is 0.0524 e. The summed E-state index contributed by atoms with van der Waals surface area (Å²) in [5, 5.41) is 8.00. The first-order valence-electron chi connectivity index (χ1n) is 7.82. The molecular weight excluding hydrogens is 234 g/mol. The smallest absolute Gasteiger partial charge is 0.0524 e. The van der Waals surface area contributed by atoms with E-state index in [1.54, 1.807) is 0 Å². The summed E-state index contributed by atoms with van der Waals surface area (Å²) in [6, 6.07) is 0.582. The Kier molecular flexibility index (Phi) is 5.03. The zero-order chi connectivity index (χ0) is 13.8. The quantitative estimate of drug-likeness (QED) is 0.883. The number of aryl methyl sites for hydroxylation is 1. The normalized spacial score (nSPS) is 27.9. The van der Waals surface area contributed by atoms with Crippen molar-refractivity contribution in [1.29, 1.82) is 0 Å². The van der Waals surface area contributed by atoms with Gasteiger partial charge in [0, 0.05) is 19.3 Å². The fraction of sp³-hybridized carbons (Fsp3) is 0.812. The molecule has 108 valence electrons. The third kappa shape index (κ3) is 3.82. The first kappa shape index (κ1) is 14.6. The van der Waals surface area contributed by atoms with Crippen LogP contribution in [0.3, 0.4) is 0 Å². The van der Waals surface area contributed by atoms with Gasteiger partial charge >= 0.3 is 0 Å². The van der Waals surface area contributed by atoms with E-state index in [4.69, 9.17) is 0 Å². The van der Waals surface area contributed by atoms with Crippen molar-refractivity contribution in [2.24, 2.45) is 18.9 Å². The Labute approximate surface area is 117 Å². The highest BCUT2D eigenvalue weighted by molar-refractivity contribution is 5.14. The molecule has 0 amide bonds. The van der Waals surface area contributed by atoms with Crippen LogP contribution in [-0.4, -0.2) is 22.4 Å². The molecule has 1 fully saturated rings. The summed E-state index contributed by atoms with van der Waals surface area (Å²) >= 11 is 0. The lowest BCUT2D eigenvalue weighted by Gasteiger charge is -2.36. The van der Waals surface area contributed by atoms with Crippen LogP contribution in [0.25, 0.3) is 0 Å². The molecule has 3 nitrogen and oxygen atoms in total. The van der Waals surface area contributed by atoms with Crippen molar-refractivity contribution >= 4 is 0 Å². The van der Waals surface area contributed by atoms with Gasteiger partial charge in [0.2, 0.25) is 0 Å². The minimum atomic E-state index is 0.582. The Morgan fingerprint density at radius 1 is 1.42 bits per heavy atom. The number of nitrogens with zero attached hydrogens (tertiary/aromatic N) is 2. The molecule has 1 N–H and O–H groups in total. The molecular formula is C16H29N3. The molecule has 0 saturated heterocycles. The van der Waals surface area contributed by atoms with E-state index in [-0.39, 0.29) is 0 Å². The monoisotopic (exact) mass is 263 g/mol. The highest BCUT2D eigenvalue weighted by Gasteiger charge is 2.31. The first-order chi connectivity index (χ1) is 9.10. The van der Waals surface area contributed by atoms with Gasteiger partial charge < -0.3 is 5.32 Å². The van der Waals surface area contributed by atoms with Crippen LogP contribution in [-0.2, 0) is 7.05 Å². The molecule has 3 unspecified atom stereocenters. The van der Waals surface area contributed by atoms with Crippen LogP contribution in [0.1, 0.15) is 57.9 Å². The summed E-state index contributed by atoms with van der Waals surface area (Å²) < 4.78 is 1.94. The fourth-order valence-corrected chi connectivity index (χ4v) is 3.36. The van der Waals surface area contributed by atoms with Gasteiger partial charge in [-0.05, 0) is 42.7 Å². The Bertz CT molecular complexity index is 383. The van der Waals surface area contributed by atoms with Crippen molar-refractivity contribution in [3.8, 4) is 0 Å². The third-order valence-electron chi connectivity index (χ3n) is 4.62. The van der Waals surface area contributed by atoms with Crippen LogP contribution in [0.5, 0.6) is 0 Å². The minimum Gasteiger partial charge on any atom is -0.314 e. The zero-order valence-electron chi connectivity index (χ0n) is 12.9. The standard InChI is InChI=1S/C16H29N3/c1-5-13-6-7-14(9-17-12(2)3)16(8-13)15-10-18-19(4)11-15/h10-14,16-17H,5-9H2,1-4H3. The lowest BCUT2D eigenvalue weighted by Crippen LogP contribution is -2.35. The molecule has 0 spiro atoms. The van der Waals surface area contributed by atoms with Gasteiger partial charge in [0.05, 0.1) is 6.20 Å². The Balaban J connectivity index is 2.07. The van der Waals surface area contributed by atoms with Gasteiger partial charge in [-0.15, -0.1) is 0 Å². The average Bonchev–Trinajstić information content (AvgIpc) is 2.82. The molecule has 0 aliphatic heterocycles. The van der Waals surface area contributed by atoms with Crippen molar-refractivity contribution in [2.75, 3.05) is 6.54 Å². The number of aromatic nitrogens is 2. The predicted octanol–water partition coefficient (Wildman–Crippen LogP) is 3.33. The van der Waals surface area contributed by atoms with E-state index < -0.39 is 0 Å². The minimum absolute atomic E-state index is 0.582. The fourth-order valence-electron chi connectivity index (χ4n) is 3.36. The van der Waals surface area contributed by atoms with Crippen molar-refractivity contribution in [3.05, 3.63) is 18.0 Å². The second kappa shape index (κ2) is 6.56. The van der Waals surface area contributed by atoms with E-state index in [9.17, 15) is 0 Å². The molecule has 0 bridgehead atoms. The molecule has 3 atom stereocenters. The van der Waals surface area contributed by atoms with Gasteiger partial charge in [0.1, 0.15) is 0 Å². The largest absolute Gasteiger partial charge is 0.314 e. The summed E-state index contributed by atoms with van der Waals surface area (Å²) in [6.45, 7) is 7.94. The Morgan fingerprint density at radius 2 is 2.21 bits per heavy atom. The molecule has 1 aromatic heterocycles. The maximum atomic E-state index is 4.37. The van der Waals surface area contributed by atoms with Crippen LogP contribution in [0.4, 0.5) is 0 Å². The molecule has 19 heavy (non-hydrogen) atoms. The van der Waals surface area contributed by atoms with Gasteiger partial charge in [-0.25, -0.2) is 0 Å². The second-order valence-corrected chi connectivity index (χ2v) is 6.46. The number of hydrogen-bond acceptors (Lipinski definition) is 2. The number of rotatable bonds is 5. The van der Waals surface area contributed by atoms with Crippen LogP contribution in [0.2, 0.25) is 0 Å². The number of hydrogen-bond donors (Lipinski definition) is 1. The van der Waals surface area contributed by atoms with E-state index in [2.05, 4.69) is 43.6 Å². The highest BCUT2D eigenvalue weighted by Crippen LogP contribution is 2.41. The maximum absolute atomic E-state index is 4.37. The Hall–Kier alpha value is -0.830. The molecule has 1 saturated carbocycles. The van der Waals surface area contributed by atoms with Crippen molar-refractivity contribution in [3.63, 3.8) is 0 Å².